The molecule has 3 heterocycles. The Morgan fingerprint density at radius 3 is 2.81 bits per heavy atom. The van der Waals surface area contributed by atoms with Gasteiger partial charge in [0.2, 0.25) is 5.88 Å². The first-order valence-electron chi connectivity index (χ1n) is 6.42. The van der Waals surface area contributed by atoms with E-state index in [0.29, 0.717) is 17.1 Å². The fourth-order valence-corrected chi connectivity index (χ4v) is 2.47. The van der Waals surface area contributed by atoms with E-state index < -0.39 is 0 Å². The fourth-order valence-electron chi connectivity index (χ4n) is 2.47. The largest absolute Gasteiger partial charge is 0.492 e. The molecule has 104 valence electrons. The van der Waals surface area contributed by atoms with Crippen molar-refractivity contribution in [2.75, 3.05) is 10.0 Å². The van der Waals surface area contributed by atoms with E-state index in [4.69, 9.17) is 0 Å². The minimum Gasteiger partial charge on any atom is -0.492 e. The molecule has 0 atom stereocenters. The van der Waals surface area contributed by atoms with Crippen molar-refractivity contribution in [2.24, 2.45) is 0 Å². The summed E-state index contributed by atoms with van der Waals surface area (Å²) < 4.78 is 14.1. The van der Waals surface area contributed by atoms with Gasteiger partial charge in [0.15, 0.2) is 0 Å². The summed E-state index contributed by atoms with van der Waals surface area (Å²) in [4.78, 5) is 4.02. The number of halogens is 1. The molecule has 0 bridgehead atoms. The third kappa shape index (κ3) is 1.70. The van der Waals surface area contributed by atoms with Crippen LogP contribution in [-0.2, 0) is 0 Å². The van der Waals surface area contributed by atoms with Crippen LogP contribution < -0.4 is 15.6 Å². The van der Waals surface area contributed by atoms with Gasteiger partial charge in [-0.3, -0.25) is 4.98 Å². The molecule has 1 aromatic carbocycles. The van der Waals surface area contributed by atoms with Gasteiger partial charge in [-0.15, -0.1) is 5.53 Å². The van der Waals surface area contributed by atoms with E-state index in [9.17, 15) is 9.50 Å². The van der Waals surface area contributed by atoms with Gasteiger partial charge < -0.3 is 5.11 Å². The zero-order valence-electron chi connectivity index (χ0n) is 10.9. The van der Waals surface area contributed by atoms with Crippen LogP contribution in [0.1, 0.15) is 5.56 Å². The van der Waals surface area contributed by atoms with E-state index in [0.717, 1.165) is 5.56 Å². The second-order valence-corrected chi connectivity index (χ2v) is 4.70. The molecule has 0 aliphatic carbocycles. The number of para-hydroxylation sites is 1. The maximum Gasteiger partial charge on any atom is 0.234 e. The summed E-state index contributed by atoms with van der Waals surface area (Å²) in [5.74, 6) is -0.365. The number of benzene rings is 1. The Morgan fingerprint density at radius 2 is 2.00 bits per heavy atom. The highest BCUT2D eigenvalue weighted by Gasteiger charge is 2.34. The second kappa shape index (κ2) is 4.32. The lowest BCUT2D eigenvalue weighted by atomic mass is 10.1. The molecule has 2 N–H and O–H groups in total. The first kappa shape index (κ1) is 11.9. The summed E-state index contributed by atoms with van der Waals surface area (Å²) in [7, 11) is 0. The predicted octanol–water partition coefficient (Wildman–Crippen LogP) is 2.72. The number of pyridine rings is 1. The van der Waals surface area contributed by atoms with Gasteiger partial charge in [-0.2, -0.15) is 0 Å². The van der Waals surface area contributed by atoms with Crippen molar-refractivity contribution >= 4 is 17.5 Å². The van der Waals surface area contributed by atoms with E-state index in [1.807, 2.05) is 6.07 Å². The van der Waals surface area contributed by atoms with Crippen molar-refractivity contribution < 1.29 is 9.50 Å². The first-order valence-corrected chi connectivity index (χ1v) is 6.42. The van der Waals surface area contributed by atoms with Crippen LogP contribution in [0.25, 0.3) is 6.08 Å². The third-order valence-corrected chi connectivity index (χ3v) is 3.45. The molecule has 0 amide bonds. The average molecular weight is 282 g/mol. The van der Waals surface area contributed by atoms with Gasteiger partial charge in [-0.25, -0.2) is 14.4 Å². The number of allylic oxidation sites excluding steroid dienone is 1. The summed E-state index contributed by atoms with van der Waals surface area (Å²) in [5, 5.41) is 13.3. The van der Waals surface area contributed by atoms with Crippen LogP contribution in [0.4, 0.5) is 15.8 Å². The van der Waals surface area contributed by atoms with Crippen LogP contribution >= 0.6 is 0 Å². The maximum atomic E-state index is 14.1. The number of aliphatic hydroxyl groups is 1. The highest BCUT2D eigenvalue weighted by atomic mass is 19.1. The average Bonchev–Trinajstić information content (AvgIpc) is 2.85. The molecule has 0 saturated carbocycles. The van der Waals surface area contributed by atoms with Crippen molar-refractivity contribution in [3.8, 4) is 0 Å². The molecule has 0 saturated heterocycles. The van der Waals surface area contributed by atoms with Gasteiger partial charge in [-0.1, -0.05) is 18.2 Å². The van der Waals surface area contributed by atoms with E-state index >= 15 is 0 Å². The zero-order valence-corrected chi connectivity index (χ0v) is 10.9. The number of aromatic nitrogens is 1. The molecule has 1 aromatic heterocycles. The minimum absolute atomic E-state index is 0.00634. The molecule has 0 fully saturated rings. The molecular weight excluding hydrogens is 271 g/mol. The Bertz CT molecular complexity index is 772. The quantitative estimate of drug-likeness (QED) is 0.842. The van der Waals surface area contributed by atoms with Crippen LogP contribution in [0.5, 0.6) is 0 Å². The summed E-state index contributed by atoms with van der Waals surface area (Å²) in [5.41, 5.74) is 5.23. The Kier molecular flexibility index (Phi) is 2.45. The molecular formula is C15H11FN4O. The molecule has 0 radical (unpaired) electrons. The topological polar surface area (TPSA) is 51.6 Å². The van der Waals surface area contributed by atoms with Crippen molar-refractivity contribution in [1.29, 1.82) is 0 Å². The van der Waals surface area contributed by atoms with Crippen LogP contribution in [0.3, 0.4) is 0 Å². The minimum atomic E-state index is -0.359. The number of hydrogen-bond acceptors (Lipinski definition) is 5. The molecule has 5 nitrogen and oxygen atoms in total. The van der Waals surface area contributed by atoms with Crippen molar-refractivity contribution in [1.82, 2.24) is 10.5 Å². The molecule has 21 heavy (non-hydrogen) atoms. The van der Waals surface area contributed by atoms with E-state index in [1.54, 1.807) is 42.7 Å². The summed E-state index contributed by atoms with van der Waals surface area (Å²) in [6.45, 7) is 0. The second-order valence-electron chi connectivity index (χ2n) is 4.70. The molecule has 4 rings (SSSR count). The summed E-state index contributed by atoms with van der Waals surface area (Å²) in [6.07, 6.45) is 6.76. The van der Waals surface area contributed by atoms with Crippen LogP contribution in [-0.4, -0.2) is 10.1 Å². The van der Waals surface area contributed by atoms with Crippen LogP contribution in [0.15, 0.2) is 60.4 Å². The van der Waals surface area contributed by atoms with Crippen molar-refractivity contribution in [3.63, 3.8) is 0 Å². The molecule has 2 aliphatic heterocycles. The Hall–Kier alpha value is -2.86. The number of rotatable bonds is 1. The highest BCUT2D eigenvalue weighted by Crippen LogP contribution is 2.37. The summed E-state index contributed by atoms with van der Waals surface area (Å²) >= 11 is 0. The number of hydrogen-bond donors (Lipinski definition) is 2. The van der Waals surface area contributed by atoms with Gasteiger partial charge in [0.25, 0.3) is 0 Å². The van der Waals surface area contributed by atoms with Gasteiger partial charge in [-0.05, 0) is 24.3 Å². The normalized spacial score (nSPS) is 16.2. The first-order chi connectivity index (χ1) is 10.3. The molecule has 2 aromatic rings. The number of nitrogens with zero attached hydrogens (tertiary/aromatic N) is 3. The number of aliphatic hydroxyl groups excluding tert-OH is 1. The van der Waals surface area contributed by atoms with E-state index in [2.05, 4.69) is 10.5 Å². The Labute approximate surface area is 120 Å². The predicted molar refractivity (Wildman–Crippen MR) is 77.4 cm³/mol. The number of anilines is 2. The van der Waals surface area contributed by atoms with Crippen molar-refractivity contribution in [2.45, 2.75) is 0 Å². The molecule has 0 unspecified atom stereocenters. The molecule has 6 heteroatoms. The Morgan fingerprint density at radius 1 is 1.10 bits per heavy atom. The monoisotopic (exact) mass is 282 g/mol. The SMILES string of the molecule is OC1=C2C=Cc3cccc(F)c3N2NN1c1cccnc1. The number of nitrogens with one attached hydrogen (secondary N) is 1. The fraction of sp³-hybridized carbons (Fsp3) is 0. The van der Waals surface area contributed by atoms with Crippen LogP contribution in [0, 0.1) is 5.82 Å². The van der Waals surface area contributed by atoms with Crippen LogP contribution in [0.2, 0.25) is 0 Å². The lowest BCUT2D eigenvalue weighted by Gasteiger charge is -2.26. The van der Waals surface area contributed by atoms with Gasteiger partial charge in [0.1, 0.15) is 17.2 Å². The standard InChI is InChI=1S/C15H11FN4O/c16-12-5-1-3-10-6-7-13-15(21)19(18-20(13)14(10)12)11-4-2-8-17-9-11/h1-9,18,21H. The summed E-state index contributed by atoms with van der Waals surface area (Å²) in [6, 6.07) is 8.41. The lowest BCUT2D eigenvalue weighted by molar-refractivity contribution is 0.388. The number of fused-ring (bicyclic) bond motifs is 3. The maximum absolute atomic E-state index is 14.1. The van der Waals surface area contributed by atoms with Gasteiger partial charge in [0.05, 0.1) is 11.9 Å². The molecule has 2 aliphatic rings. The van der Waals surface area contributed by atoms with E-state index in [1.165, 1.54) is 16.1 Å². The zero-order chi connectivity index (χ0) is 14.4. The smallest absolute Gasteiger partial charge is 0.234 e. The lowest BCUT2D eigenvalue weighted by Crippen LogP contribution is -2.42. The third-order valence-electron chi connectivity index (χ3n) is 3.45. The molecule has 0 spiro atoms. The number of hydrazine groups is 2. The Balaban J connectivity index is 1.82. The van der Waals surface area contributed by atoms with Gasteiger partial charge in [0, 0.05) is 11.8 Å². The van der Waals surface area contributed by atoms with Crippen molar-refractivity contribution in [3.05, 3.63) is 71.8 Å². The van der Waals surface area contributed by atoms with E-state index in [-0.39, 0.29) is 11.7 Å². The highest BCUT2D eigenvalue weighted by molar-refractivity contribution is 5.78. The van der Waals surface area contributed by atoms with Gasteiger partial charge >= 0.3 is 0 Å².